The first kappa shape index (κ1) is 21.0. The van der Waals surface area contributed by atoms with E-state index in [1.165, 1.54) is 5.56 Å². The Balaban J connectivity index is 1.63. The zero-order chi connectivity index (χ0) is 20.8. The van der Waals surface area contributed by atoms with Crippen LogP contribution in [0.1, 0.15) is 22.7 Å². The van der Waals surface area contributed by atoms with Crippen LogP contribution < -0.4 is 10.6 Å². The molecule has 2 amide bonds. The van der Waals surface area contributed by atoms with Crippen molar-refractivity contribution < 1.29 is 9.59 Å². The number of carbonyl (C=O) groups excluding carboxylic acids is 2. The molecule has 1 unspecified atom stereocenters. The van der Waals surface area contributed by atoms with Gasteiger partial charge in [0.15, 0.2) is 0 Å². The van der Waals surface area contributed by atoms with Crippen LogP contribution in [0.4, 0.5) is 5.69 Å². The largest absolute Gasteiger partial charge is 0.346 e. The van der Waals surface area contributed by atoms with Crippen LogP contribution in [-0.2, 0) is 9.59 Å². The molecule has 0 aromatic heterocycles. The van der Waals surface area contributed by atoms with E-state index in [9.17, 15) is 9.59 Å². The molecule has 29 heavy (non-hydrogen) atoms. The molecule has 0 saturated carbocycles. The second-order valence-electron chi connectivity index (χ2n) is 7.80. The van der Waals surface area contributed by atoms with Gasteiger partial charge in [-0.15, -0.1) is 0 Å². The van der Waals surface area contributed by atoms with Crippen LogP contribution in [0.2, 0.25) is 0 Å². The molecule has 2 aromatic rings. The summed E-state index contributed by atoms with van der Waals surface area (Å²) in [5, 5.41) is 5.48. The van der Waals surface area contributed by atoms with Gasteiger partial charge in [-0.25, -0.2) is 0 Å². The number of hydrogen-bond acceptors (Lipinski definition) is 4. The van der Waals surface area contributed by atoms with Crippen molar-refractivity contribution in [3.8, 4) is 0 Å². The number of rotatable bonds is 5. The number of likely N-dealkylation sites (N-methyl/N-ethyl adjacent to an activating group) is 1. The maximum atomic E-state index is 12.4. The van der Waals surface area contributed by atoms with Crippen molar-refractivity contribution in [3.63, 3.8) is 0 Å². The summed E-state index contributed by atoms with van der Waals surface area (Å²) in [5.74, 6) is -1.26. The number of piperazine rings is 1. The lowest BCUT2D eigenvalue weighted by atomic mass is 10.0. The summed E-state index contributed by atoms with van der Waals surface area (Å²) in [7, 11) is 2.12. The van der Waals surface area contributed by atoms with E-state index in [-0.39, 0.29) is 6.04 Å². The molecule has 1 heterocycles. The highest BCUT2D eigenvalue weighted by atomic mass is 16.2. The first-order valence-electron chi connectivity index (χ1n) is 10.1. The molecule has 2 aromatic carbocycles. The molecule has 0 bridgehead atoms. The lowest BCUT2D eigenvalue weighted by molar-refractivity contribution is -0.136. The molecular formula is C23H30N4O2. The number of carbonyl (C=O) groups is 2. The summed E-state index contributed by atoms with van der Waals surface area (Å²) >= 11 is 0. The minimum atomic E-state index is -0.644. The van der Waals surface area contributed by atoms with E-state index in [0.29, 0.717) is 12.2 Å². The van der Waals surface area contributed by atoms with Crippen LogP contribution in [0.25, 0.3) is 0 Å². The maximum absolute atomic E-state index is 12.4. The molecular weight excluding hydrogens is 364 g/mol. The first-order valence-corrected chi connectivity index (χ1v) is 10.1. The number of nitrogens with zero attached hydrogens (tertiary/aromatic N) is 2. The highest BCUT2D eigenvalue weighted by Gasteiger charge is 2.25. The predicted molar refractivity (Wildman–Crippen MR) is 116 cm³/mol. The molecule has 1 aliphatic rings. The minimum Gasteiger partial charge on any atom is -0.346 e. The van der Waals surface area contributed by atoms with E-state index in [1.807, 2.05) is 19.1 Å². The third-order valence-electron chi connectivity index (χ3n) is 5.41. The number of aryl methyl sites for hydroxylation is 2. The van der Waals surface area contributed by atoms with Crippen LogP contribution in [0.15, 0.2) is 48.5 Å². The van der Waals surface area contributed by atoms with Crippen molar-refractivity contribution in [3.05, 3.63) is 65.2 Å². The summed E-state index contributed by atoms with van der Waals surface area (Å²) in [6.45, 7) is 8.27. The van der Waals surface area contributed by atoms with E-state index in [2.05, 4.69) is 58.7 Å². The fourth-order valence-electron chi connectivity index (χ4n) is 3.47. The molecule has 2 N–H and O–H groups in total. The number of benzene rings is 2. The van der Waals surface area contributed by atoms with Crippen molar-refractivity contribution in [2.45, 2.75) is 19.9 Å². The molecule has 6 nitrogen and oxygen atoms in total. The van der Waals surface area contributed by atoms with Crippen molar-refractivity contribution in [1.29, 1.82) is 0 Å². The summed E-state index contributed by atoms with van der Waals surface area (Å²) < 4.78 is 0. The van der Waals surface area contributed by atoms with Crippen molar-refractivity contribution in [2.75, 3.05) is 45.1 Å². The average molecular weight is 395 g/mol. The average Bonchev–Trinajstić information content (AvgIpc) is 2.72. The zero-order valence-corrected chi connectivity index (χ0v) is 17.4. The van der Waals surface area contributed by atoms with Gasteiger partial charge in [0.05, 0.1) is 6.04 Å². The van der Waals surface area contributed by atoms with Gasteiger partial charge >= 0.3 is 11.8 Å². The molecule has 1 saturated heterocycles. The van der Waals surface area contributed by atoms with Crippen LogP contribution in [-0.4, -0.2) is 61.4 Å². The van der Waals surface area contributed by atoms with Gasteiger partial charge in [-0.3, -0.25) is 14.5 Å². The van der Waals surface area contributed by atoms with Crippen molar-refractivity contribution in [2.24, 2.45) is 0 Å². The minimum absolute atomic E-state index is 0.0421. The third-order valence-corrected chi connectivity index (χ3v) is 5.41. The molecule has 0 radical (unpaired) electrons. The van der Waals surface area contributed by atoms with Gasteiger partial charge in [0, 0.05) is 38.4 Å². The topological polar surface area (TPSA) is 64.7 Å². The number of amides is 2. The Labute approximate surface area is 172 Å². The quantitative estimate of drug-likeness (QED) is 0.764. The SMILES string of the molecule is Cc1ccc(NC(=O)C(=O)NCC(c2ccc(C)cc2)N2CCN(C)CC2)cc1. The standard InChI is InChI=1S/C23H30N4O2/c1-17-4-8-19(9-5-17)21(27-14-12-26(3)13-15-27)16-24-22(28)23(29)25-20-10-6-18(2)7-11-20/h4-11,21H,12-16H2,1-3H3,(H,24,28)(H,25,29). The molecule has 1 aliphatic heterocycles. The number of nitrogens with one attached hydrogen (secondary N) is 2. The van der Waals surface area contributed by atoms with Crippen LogP contribution in [0.5, 0.6) is 0 Å². The van der Waals surface area contributed by atoms with Crippen molar-refractivity contribution in [1.82, 2.24) is 15.1 Å². The lowest BCUT2D eigenvalue weighted by Crippen LogP contribution is -2.49. The fraction of sp³-hybridized carbons (Fsp3) is 0.391. The van der Waals surface area contributed by atoms with E-state index in [0.717, 1.165) is 37.3 Å². The lowest BCUT2D eigenvalue weighted by Gasteiger charge is -2.38. The Morgan fingerprint density at radius 1 is 0.862 bits per heavy atom. The fourth-order valence-corrected chi connectivity index (χ4v) is 3.47. The summed E-state index contributed by atoms with van der Waals surface area (Å²) in [6.07, 6.45) is 0. The van der Waals surface area contributed by atoms with Gasteiger partial charge in [0.2, 0.25) is 0 Å². The number of anilines is 1. The van der Waals surface area contributed by atoms with Crippen molar-refractivity contribution >= 4 is 17.5 Å². The maximum Gasteiger partial charge on any atom is 0.313 e. The van der Waals surface area contributed by atoms with Gasteiger partial charge < -0.3 is 15.5 Å². The Hall–Kier alpha value is -2.70. The van der Waals surface area contributed by atoms with E-state index in [4.69, 9.17) is 0 Å². The zero-order valence-electron chi connectivity index (χ0n) is 17.4. The van der Waals surface area contributed by atoms with Crippen LogP contribution in [0.3, 0.4) is 0 Å². The molecule has 3 rings (SSSR count). The second kappa shape index (κ2) is 9.67. The second-order valence-corrected chi connectivity index (χ2v) is 7.80. The molecule has 154 valence electrons. The molecule has 0 aliphatic carbocycles. The number of hydrogen-bond donors (Lipinski definition) is 2. The first-order chi connectivity index (χ1) is 13.9. The highest BCUT2D eigenvalue weighted by Crippen LogP contribution is 2.22. The molecule has 1 fully saturated rings. The monoisotopic (exact) mass is 394 g/mol. The van der Waals surface area contributed by atoms with Crippen LogP contribution in [0, 0.1) is 13.8 Å². The smallest absolute Gasteiger partial charge is 0.313 e. The van der Waals surface area contributed by atoms with Gasteiger partial charge in [-0.2, -0.15) is 0 Å². The van der Waals surface area contributed by atoms with E-state index in [1.54, 1.807) is 12.1 Å². The third kappa shape index (κ3) is 5.89. The Morgan fingerprint density at radius 3 is 2.00 bits per heavy atom. The van der Waals surface area contributed by atoms with Gasteiger partial charge in [-0.1, -0.05) is 47.5 Å². The summed E-state index contributed by atoms with van der Waals surface area (Å²) in [6, 6.07) is 15.8. The Kier molecular flexibility index (Phi) is 7.01. The predicted octanol–water partition coefficient (Wildman–Crippen LogP) is 2.35. The van der Waals surface area contributed by atoms with Crippen LogP contribution >= 0.6 is 0 Å². The molecule has 0 spiro atoms. The molecule has 6 heteroatoms. The normalized spacial score (nSPS) is 16.2. The molecule has 1 atom stereocenters. The van der Waals surface area contributed by atoms with Gasteiger partial charge in [-0.05, 0) is 38.6 Å². The Morgan fingerprint density at radius 2 is 1.41 bits per heavy atom. The highest BCUT2D eigenvalue weighted by molar-refractivity contribution is 6.39. The summed E-state index contributed by atoms with van der Waals surface area (Å²) in [4.78, 5) is 29.3. The van der Waals surface area contributed by atoms with Gasteiger partial charge in [0.1, 0.15) is 0 Å². The Bertz CT molecular complexity index is 825. The van der Waals surface area contributed by atoms with E-state index < -0.39 is 11.8 Å². The van der Waals surface area contributed by atoms with Gasteiger partial charge in [0.25, 0.3) is 0 Å². The summed E-state index contributed by atoms with van der Waals surface area (Å²) in [5.41, 5.74) is 4.07. The van der Waals surface area contributed by atoms with E-state index >= 15 is 0 Å².